The molecule has 0 bridgehead atoms. The van der Waals surface area contributed by atoms with E-state index in [4.69, 9.17) is 0 Å². The van der Waals surface area contributed by atoms with Gasteiger partial charge in [0, 0.05) is 18.0 Å². The van der Waals surface area contributed by atoms with Gasteiger partial charge >= 0.3 is 0 Å². The summed E-state index contributed by atoms with van der Waals surface area (Å²) < 4.78 is 0. The number of aliphatic hydroxyl groups excluding tert-OH is 1. The van der Waals surface area contributed by atoms with Gasteiger partial charge in [0.15, 0.2) is 0 Å². The third kappa shape index (κ3) is 1.96. The summed E-state index contributed by atoms with van der Waals surface area (Å²) in [6, 6.07) is 14.0. The van der Waals surface area contributed by atoms with E-state index < -0.39 is 6.10 Å². The summed E-state index contributed by atoms with van der Waals surface area (Å²) in [4.78, 5) is 11.9. The van der Waals surface area contributed by atoms with Gasteiger partial charge in [-0.25, -0.2) is 0 Å². The summed E-state index contributed by atoms with van der Waals surface area (Å²) in [6.45, 7) is 0.698. The van der Waals surface area contributed by atoms with Gasteiger partial charge in [-0.3, -0.25) is 4.79 Å². The molecule has 1 heterocycles. The maximum atomic E-state index is 11.9. The van der Waals surface area contributed by atoms with Crippen molar-refractivity contribution in [1.82, 2.24) is 5.32 Å². The maximum absolute atomic E-state index is 11.9. The molecule has 1 aliphatic heterocycles. The minimum atomic E-state index is -0.542. The Morgan fingerprint density at radius 2 is 2.00 bits per heavy atom. The molecule has 0 radical (unpaired) electrons. The van der Waals surface area contributed by atoms with E-state index in [-0.39, 0.29) is 11.8 Å². The molecule has 2 aliphatic rings. The molecule has 2 atom stereocenters. The number of carbonyl (C=O) groups is 1. The van der Waals surface area contributed by atoms with Gasteiger partial charge < -0.3 is 10.4 Å². The standard InChI is InChI=1S/C18H17NO2/c20-17(16-9-12-3-1-2-4-14(12)16)13-6-5-11-7-8-19-18(21)15(11)10-13/h1-6,10,16-17,20H,7-9H2,(H,19,21). The molecule has 0 saturated heterocycles. The third-order valence-electron chi connectivity index (χ3n) is 4.68. The topological polar surface area (TPSA) is 49.3 Å². The van der Waals surface area contributed by atoms with Crippen molar-refractivity contribution in [2.45, 2.75) is 24.9 Å². The Morgan fingerprint density at radius 3 is 2.86 bits per heavy atom. The molecule has 0 spiro atoms. The van der Waals surface area contributed by atoms with Gasteiger partial charge in [-0.1, -0.05) is 36.4 Å². The number of hydrogen-bond donors (Lipinski definition) is 2. The average molecular weight is 279 g/mol. The first-order valence-corrected chi connectivity index (χ1v) is 7.41. The minimum absolute atomic E-state index is 0.0284. The number of aliphatic hydroxyl groups is 1. The Balaban J connectivity index is 1.66. The van der Waals surface area contributed by atoms with Crippen LogP contribution in [0.1, 0.15) is 44.6 Å². The van der Waals surface area contributed by atoms with Gasteiger partial charge in [0.05, 0.1) is 6.10 Å². The van der Waals surface area contributed by atoms with E-state index in [1.165, 1.54) is 11.1 Å². The van der Waals surface area contributed by atoms with Gasteiger partial charge in [0.25, 0.3) is 5.91 Å². The first kappa shape index (κ1) is 12.6. The van der Waals surface area contributed by atoms with Crippen molar-refractivity contribution in [2.24, 2.45) is 0 Å². The Kier molecular flexibility index (Phi) is 2.82. The number of carbonyl (C=O) groups excluding carboxylic acids is 1. The van der Waals surface area contributed by atoms with Crippen molar-refractivity contribution in [3.05, 3.63) is 70.3 Å². The summed E-state index contributed by atoms with van der Waals surface area (Å²) in [5, 5.41) is 13.5. The zero-order chi connectivity index (χ0) is 14.4. The van der Waals surface area contributed by atoms with Crippen LogP contribution in [0.3, 0.4) is 0 Å². The lowest BCUT2D eigenvalue weighted by Gasteiger charge is -2.34. The second kappa shape index (κ2) is 4.71. The van der Waals surface area contributed by atoms with E-state index in [0.717, 1.165) is 24.0 Å². The van der Waals surface area contributed by atoms with Crippen molar-refractivity contribution in [1.29, 1.82) is 0 Å². The second-order valence-corrected chi connectivity index (χ2v) is 5.88. The largest absolute Gasteiger partial charge is 0.388 e. The fraction of sp³-hybridized carbons (Fsp3) is 0.278. The van der Waals surface area contributed by atoms with Crippen LogP contribution >= 0.6 is 0 Å². The zero-order valence-electron chi connectivity index (χ0n) is 11.7. The van der Waals surface area contributed by atoms with E-state index in [2.05, 4.69) is 17.4 Å². The quantitative estimate of drug-likeness (QED) is 0.886. The van der Waals surface area contributed by atoms with Gasteiger partial charge in [-0.15, -0.1) is 0 Å². The molecule has 3 heteroatoms. The highest BCUT2D eigenvalue weighted by molar-refractivity contribution is 5.96. The Hall–Kier alpha value is -2.13. The van der Waals surface area contributed by atoms with Gasteiger partial charge in [0.1, 0.15) is 0 Å². The molecule has 0 aromatic heterocycles. The molecule has 0 fully saturated rings. The first-order valence-electron chi connectivity index (χ1n) is 7.41. The predicted molar refractivity (Wildman–Crippen MR) is 80.3 cm³/mol. The Morgan fingerprint density at radius 1 is 1.14 bits per heavy atom. The van der Waals surface area contributed by atoms with Crippen LogP contribution in [0.4, 0.5) is 0 Å². The Bertz CT molecular complexity index is 723. The first-order chi connectivity index (χ1) is 10.2. The number of nitrogens with one attached hydrogen (secondary N) is 1. The number of hydrogen-bond acceptors (Lipinski definition) is 2. The van der Waals surface area contributed by atoms with Gasteiger partial charge in [-0.05, 0) is 41.2 Å². The van der Waals surface area contributed by atoms with E-state index in [1.807, 2.05) is 30.3 Å². The van der Waals surface area contributed by atoms with Crippen LogP contribution in [0.15, 0.2) is 42.5 Å². The highest BCUT2D eigenvalue weighted by atomic mass is 16.3. The molecule has 106 valence electrons. The summed E-state index contributed by atoms with van der Waals surface area (Å²) in [7, 11) is 0. The smallest absolute Gasteiger partial charge is 0.251 e. The minimum Gasteiger partial charge on any atom is -0.388 e. The number of benzene rings is 2. The van der Waals surface area contributed by atoms with Crippen LogP contribution in [0.5, 0.6) is 0 Å². The molecular formula is C18H17NO2. The normalized spacial score (nSPS) is 20.8. The fourth-order valence-corrected chi connectivity index (χ4v) is 3.42. The van der Waals surface area contributed by atoms with Crippen molar-refractivity contribution < 1.29 is 9.90 Å². The number of rotatable bonds is 2. The molecule has 21 heavy (non-hydrogen) atoms. The highest BCUT2D eigenvalue weighted by Crippen LogP contribution is 2.43. The van der Waals surface area contributed by atoms with E-state index in [9.17, 15) is 9.90 Å². The number of amides is 1. The number of fused-ring (bicyclic) bond motifs is 2. The molecule has 4 rings (SSSR count). The predicted octanol–water partition coefficient (Wildman–Crippen LogP) is 2.35. The van der Waals surface area contributed by atoms with E-state index in [0.29, 0.717) is 12.1 Å². The molecule has 2 aromatic rings. The molecule has 1 aliphatic carbocycles. The molecule has 0 saturated carbocycles. The third-order valence-corrected chi connectivity index (χ3v) is 4.68. The van der Waals surface area contributed by atoms with Crippen LogP contribution < -0.4 is 5.32 Å². The van der Waals surface area contributed by atoms with Crippen molar-refractivity contribution in [2.75, 3.05) is 6.54 Å². The summed E-state index contributed by atoms with van der Waals surface area (Å²) in [6.07, 6.45) is 1.23. The molecule has 2 N–H and O–H groups in total. The average Bonchev–Trinajstić information content (AvgIpc) is 2.48. The van der Waals surface area contributed by atoms with Crippen LogP contribution in [-0.4, -0.2) is 17.6 Å². The summed E-state index contributed by atoms with van der Waals surface area (Å²) >= 11 is 0. The van der Waals surface area contributed by atoms with Crippen molar-refractivity contribution in [3.8, 4) is 0 Å². The van der Waals surface area contributed by atoms with Crippen LogP contribution in [-0.2, 0) is 12.8 Å². The summed E-state index contributed by atoms with van der Waals surface area (Å²) in [5.74, 6) is 0.116. The molecule has 1 amide bonds. The maximum Gasteiger partial charge on any atom is 0.251 e. The lowest BCUT2D eigenvalue weighted by Crippen LogP contribution is -2.32. The van der Waals surface area contributed by atoms with Crippen LogP contribution in [0.2, 0.25) is 0 Å². The van der Waals surface area contributed by atoms with Gasteiger partial charge in [0.2, 0.25) is 0 Å². The van der Waals surface area contributed by atoms with Crippen LogP contribution in [0, 0.1) is 0 Å². The highest BCUT2D eigenvalue weighted by Gasteiger charge is 2.33. The van der Waals surface area contributed by atoms with Crippen LogP contribution in [0.25, 0.3) is 0 Å². The lowest BCUT2D eigenvalue weighted by molar-refractivity contribution is 0.0945. The Labute approximate surface area is 123 Å². The lowest BCUT2D eigenvalue weighted by atomic mass is 9.72. The fourth-order valence-electron chi connectivity index (χ4n) is 3.42. The van der Waals surface area contributed by atoms with Gasteiger partial charge in [-0.2, -0.15) is 0 Å². The second-order valence-electron chi connectivity index (χ2n) is 5.88. The van der Waals surface area contributed by atoms with E-state index in [1.54, 1.807) is 0 Å². The molecule has 2 aromatic carbocycles. The summed E-state index contributed by atoms with van der Waals surface area (Å²) in [5.41, 5.74) is 5.17. The molecule has 2 unspecified atom stereocenters. The molecule has 3 nitrogen and oxygen atoms in total. The van der Waals surface area contributed by atoms with E-state index >= 15 is 0 Å². The van der Waals surface area contributed by atoms with Crippen molar-refractivity contribution >= 4 is 5.91 Å². The molecular weight excluding hydrogens is 262 g/mol. The SMILES string of the molecule is O=C1NCCc2ccc(C(O)C3Cc4ccccc43)cc21. The van der Waals surface area contributed by atoms with Crippen molar-refractivity contribution in [3.63, 3.8) is 0 Å². The monoisotopic (exact) mass is 279 g/mol. The zero-order valence-corrected chi connectivity index (χ0v) is 11.7.